The molecule has 2 atom stereocenters. The maximum atomic E-state index is 12.5. The number of aliphatic hydroxyl groups excluding tert-OH is 1. The van der Waals surface area contributed by atoms with E-state index in [1.807, 2.05) is 0 Å². The fourth-order valence-electron chi connectivity index (χ4n) is 2.21. The molecule has 1 aliphatic heterocycles. The summed E-state index contributed by atoms with van der Waals surface area (Å²) >= 11 is 5.84. The van der Waals surface area contributed by atoms with Crippen LogP contribution < -0.4 is 4.74 Å². The Kier molecular flexibility index (Phi) is 4.43. The first-order chi connectivity index (χ1) is 9.77. The van der Waals surface area contributed by atoms with E-state index < -0.39 is 28.1 Å². The van der Waals surface area contributed by atoms with Crippen molar-refractivity contribution in [1.29, 1.82) is 0 Å². The van der Waals surface area contributed by atoms with E-state index in [0.717, 1.165) is 4.31 Å². The van der Waals surface area contributed by atoms with Crippen LogP contribution in [0.2, 0.25) is 5.02 Å². The van der Waals surface area contributed by atoms with E-state index >= 15 is 0 Å². The minimum Gasteiger partial charge on any atom is -0.495 e. The van der Waals surface area contributed by atoms with Crippen molar-refractivity contribution in [2.75, 3.05) is 13.7 Å². The molecule has 0 aliphatic carbocycles. The van der Waals surface area contributed by atoms with Gasteiger partial charge in [0.2, 0.25) is 10.0 Å². The quantitative estimate of drug-likeness (QED) is 0.833. The van der Waals surface area contributed by atoms with Gasteiger partial charge in [-0.25, -0.2) is 8.42 Å². The predicted octanol–water partition coefficient (Wildman–Crippen LogP) is 0.557. The van der Waals surface area contributed by atoms with Gasteiger partial charge in [0, 0.05) is 19.0 Å². The zero-order valence-electron chi connectivity index (χ0n) is 11.1. The number of sulfonamides is 1. The Hall–Kier alpha value is -1.35. The smallest absolute Gasteiger partial charge is 0.322 e. The molecule has 2 rings (SSSR count). The predicted molar refractivity (Wildman–Crippen MR) is 73.9 cm³/mol. The van der Waals surface area contributed by atoms with E-state index in [2.05, 4.69) is 0 Å². The molecule has 0 amide bonds. The molecule has 1 aromatic rings. The summed E-state index contributed by atoms with van der Waals surface area (Å²) in [5.41, 5.74) is 0. The van der Waals surface area contributed by atoms with Gasteiger partial charge in [0.1, 0.15) is 11.8 Å². The first kappa shape index (κ1) is 16.0. The number of hydrogen-bond acceptors (Lipinski definition) is 5. The molecule has 0 unspecified atom stereocenters. The van der Waals surface area contributed by atoms with Crippen LogP contribution in [0, 0.1) is 0 Å². The van der Waals surface area contributed by atoms with Gasteiger partial charge in [-0.2, -0.15) is 4.31 Å². The van der Waals surface area contributed by atoms with Crippen LogP contribution in [0.3, 0.4) is 0 Å². The van der Waals surface area contributed by atoms with E-state index in [9.17, 15) is 18.3 Å². The van der Waals surface area contributed by atoms with E-state index in [0.29, 0.717) is 0 Å². The largest absolute Gasteiger partial charge is 0.495 e. The van der Waals surface area contributed by atoms with Gasteiger partial charge in [-0.1, -0.05) is 11.6 Å². The van der Waals surface area contributed by atoms with Crippen molar-refractivity contribution in [3.05, 3.63) is 23.2 Å². The molecule has 9 heteroatoms. The number of benzene rings is 1. The lowest BCUT2D eigenvalue weighted by atomic mass is 10.2. The number of nitrogens with zero attached hydrogens (tertiary/aromatic N) is 1. The fraction of sp³-hybridized carbons (Fsp3) is 0.417. The highest BCUT2D eigenvalue weighted by Crippen LogP contribution is 2.31. The Balaban J connectivity index is 2.44. The molecule has 0 bridgehead atoms. The molecule has 2 N–H and O–H groups in total. The Morgan fingerprint density at radius 1 is 1.48 bits per heavy atom. The average Bonchev–Trinajstić information content (AvgIpc) is 2.82. The molecule has 1 heterocycles. The number of β-amino-alcohol motifs (C(OH)–C–C–N with tert-alkyl or cyclic N) is 1. The van der Waals surface area contributed by atoms with Gasteiger partial charge >= 0.3 is 5.97 Å². The monoisotopic (exact) mass is 335 g/mol. The van der Waals surface area contributed by atoms with Gasteiger partial charge in [-0.15, -0.1) is 0 Å². The van der Waals surface area contributed by atoms with Crippen LogP contribution in [-0.4, -0.2) is 54.7 Å². The molecule has 116 valence electrons. The molecule has 0 radical (unpaired) electrons. The minimum absolute atomic E-state index is 0.135. The first-order valence-electron chi connectivity index (χ1n) is 6.03. The zero-order chi connectivity index (χ0) is 15.8. The SMILES string of the molecule is COc1cc(S(=O)(=O)N2C[C@@H](O)C[C@H]2C(=O)O)ccc1Cl. The summed E-state index contributed by atoms with van der Waals surface area (Å²) < 4.78 is 30.8. The molecule has 7 nitrogen and oxygen atoms in total. The Labute approximate surface area is 126 Å². The van der Waals surface area contributed by atoms with Crippen LogP contribution in [0.25, 0.3) is 0 Å². The van der Waals surface area contributed by atoms with E-state index in [-0.39, 0.29) is 28.6 Å². The maximum Gasteiger partial charge on any atom is 0.322 e. The van der Waals surface area contributed by atoms with Gasteiger partial charge in [0.05, 0.1) is 23.1 Å². The van der Waals surface area contributed by atoms with Gasteiger partial charge in [-0.3, -0.25) is 4.79 Å². The molecule has 21 heavy (non-hydrogen) atoms. The lowest BCUT2D eigenvalue weighted by Crippen LogP contribution is -2.40. The van der Waals surface area contributed by atoms with Crippen molar-refractivity contribution in [3.8, 4) is 5.75 Å². The average molecular weight is 336 g/mol. The van der Waals surface area contributed by atoms with Crippen LogP contribution in [0.5, 0.6) is 5.75 Å². The third-order valence-electron chi connectivity index (χ3n) is 3.25. The second-order valence-corrected chi connectivity index (χ2v) is 6.91. The number of aliphatic hydroxyl groups is 1. The Bertz CT molecular complexity index is 662. The summed E-state index contributed by atoms with van der Waals surface area (Å²) in [6, 6.07) is 2.56. The van der Waals surface area contributed by atoms with E-state index in [4.69, 9.17) is 21.4 Å². The number of carbonyl (C=O) groups is 1. The molecular weight excluding hydrogens is 322 g/mol. The Morgan fingerprint density at radius 2 is 2.14 bits per heavy atom. The molecule has 1 aromatic carbocycles. The summed E-state index contributed by atoms with van der Waals surface area (Å²) in [6.45, 7) is -0.260. The van der Waals surface area contributed by atoms with Gasteiger partial charge < -0.3 is 14.9 Å². The van der Waals surface area contributed by atoms with Gasteiger partial charge in [0.15, 0.2) is 0 Å². The van der Waals surface area contributed by atoms with Crippen molar-refractivity contribution in [2.45, 2.75) is 23.5 Å². The first-order valence-corrected chi connectivity index (χ1v) is 7.85. The van der Waals surface area contributed by atoms with E-state index in [1.165, 1.54) is 25.3 Å². The second kappa shape index (κ2) is 5.80. The molecule has 0 spiro atoms. The highest BCUT2D eigenvalue weighted by molar-refractivity contribution is 7.89. The lowest BCUT2D eigenvalue weighted by Gasteiger charge is -2.21. The van der Waals surface area contributed by atoms with Crippen LogP contribution in [0.1, 0.15) is 6.42 Å². The van der Waals surface area contributed by atoms with Crippen molar-refractivity contribution in [2.24, 2.45) is 0 Å². The van der Waals surface area contributed by atoms with Crippen molar-refractivity contribution in [3.63, 3.8) is 0 Å². The van der Waals surface area contributed by atoms with Crippen LogP contribution in [-0.2, 0) is 14.8 Å². The molecule has 1 fully saturated rings. The summed E-state index contributed by atoms with van der Waals surface area (Å²) in [4.78, 5) is 11.0. The standard InChI is InChI=1S/C12H14ClNO6S/c1-20-11-5-8(2-3-9(11)13)21(18,19)14-6-7(15)4-10(14)12(16)17/h2-3,5,7,10,15H,4,6H2,1H3,(H,16,17)/t7-,10-/m0/s1. The van der Waals surface area contributed by atoms with Crippen molar-refractivity contribution < 1.29 is 28.2 Å². The number of aliphatic carboxylic acids is 1. The summed E-state index contributed by atoms with van der Waals surface area (Å²) in [7, 11) is -2.72. The fourth-order valence-corrected chi connectivity index (χ4v) is 4.05. The zero-order valence-corrected chi connectivity index (χ0v) is 12.6. The summed E-state index contributed by atoms with van der Waals surface area (Å²) in [6.07, 6.45) is -1.14. The number of carboxylic acid groups (broad SMARTS) is 1. The summed E-state index contributed by atoms with van der Waals surface area (Å²) in [5, 5.41) is 18.9. The molecule has 1 saturated heterocycles. The molecule has 1 aliphatic rings. The van der Waals surface area contributed by atoms with E-state index in [1.54, 1.807) is 0 Å². The lowest BCUT2D eigenvalue weighted by molar-refractivity contribution is -0.140. The Morgan fingerprint density at radius 3 is 2.71 bits per heavy atom. The number of ether oxygens (including phenoxy) is 1. The topological polar surface area (TPSA) is 104 Å². The molecule has 0 aromatic heterocycles. The normalized spacial score (nSPS) is 23.2. The van der Waals surface area contributed by atoms with Gasteiger partial charge in [-0.05, 0) is 12.1 Å². The highest BCUT2D eigenvalue weighted by atomic mass is 35.5. The number of carboxylic acids is 1. The number of halogens is 1. The number of rotatable bonds is 4. The number of methoxy groups -OCH3 is 1. The second-order valence-electron chi connectivity index (χ2n) is 4.61. The van der Waals surface area contributed by atoms with Crippen LogP contribution in [0.4, 0.5) is 0 Å². The van der Waals surface area contributed by atoms with Crippen molar-refractivity contribution in [1.82, 2.24) is 4.31 Å². The molecular formula is C12H14ClNO6S. The third-order valence-corrected chi connectivity index (χ3v) is 5.43. The maximum absolute atomic E-state index is 12.5. The van der Waals surface area contributed by atoms with Crippen molar-refractivity contribution >= 4 is 27.6 Å². The van der Waals surface area contributed by atoms with Crippen LogP contribution >= 0.6 is 11.6 Å². The molecule has 0 saturated carbocycles. The third kappa shape index (κ3) is 2.98. The minimum atomic E-state index is -4.06. The number of hydrogen-bond donors (Lipinski definition) is 2. The summed E-state index contributed by atoms with van der Waals surface area (Å²) in [5.74, 6) is -1.12. The van der Waals surface area contributed by atoms with Crippen LogP contribution in [0.15, 0.2) is 23.1 Å². The van der Waals surface area contributed by atoms with Gasteiger partial charge in [0.25, 0.3) is 0 Å². The highest BCUT2D eigenvalue weighted by Gasteiger charge is 2.43.